The van der Waals surface area contributed by atoms with E-state index in [4.69, 9.17) is 9.47 Å². The van der Waals surface area contributed by atoms with Gasteiger partial charge in [0.1, 0.15) is 0 Å². The molecule has 0 radical (unpaired) electrons. The van der Waals surface area contributed by atoms with Gasteiger partial charge in [-0.15, -0.1) is 0 Å². The molecule has 1 fully saturated rings. The second-order valence-corrected chi connectivity index (χ2v) is 4.84. The van der Waals surface area contributed by atoms with Crippen LogP contribution in [0.15, 0.2) is 30.3 Å². The van der Waals surface area contributed by atoms with Crippen molar-refractivity contribution in [3.63, 3.8) is 0 Å². The Bertz CT molecular complexity index is 397. The number of carbonyl (C=O) groups is 1. The van der Waals surface area contributed by atoms with E-state index in [9.17, 15) is 4.79 Å². The molecule has 0 aromatic heterocycles. The molecule has 1 aliphatic heterocycles. The highest BCUT2D eigenvalue weighted by molar-refractivity contribution is 5.94. The van der Waals surface area contributed by atoms with Gasteiger partial charge in [0.2, 0.25) is 0 Å². The molecule has 0 spiro atoms. The molecule has 4 nitrogen and oxygen atoms in total. The third kappa shape index (κ3) is 3.09. The van der Waals surface area contributed by atoms with Crippen LogP contribution in [0, 0.1) is 0 Å². The van der Waals surface area contributed by atoms with Crippen molar-refractivity contribution in [2.24, 2.45) is 0 Å². The molecule has 0 aliphatic carbocycles. The van der Waals surface area contributed by atoms with Gasteiger partial charge in [0.05, 0.1) is 18.8 Å². The SMILES string of the molecule is CCC1OCC(C)(NC(=O)c2ccccc2)CO1. The zero-order valence-electron chi connectivity index (χ0n) is 10.8. The fourth-order valence-corrected chi connectivity index (χ4v) is 1.89. The Kier molecular flexibility index (Phi) is 3.99. The molecular formula is C14H19NO3. The predicted octanol–water partition coefficient (Wildman–Crippen LogP) is 1.96. The van der Waals surface area contributed by atoms with Crippen LogP contribution in [0.4, 0.5) is 0 Å². The van der Waals surface area contributed by atoms with Crippen molar-refractivity contribution in [1.82, 2.24) is 5.32 Å². The third-order valence-electron chi connectivity index (χ3n) is 2.96. The van der Waals surface area contributed by atoms with Crippen LogP contribution < -0.4 is 5.32 Å². The van der Waals surface area contributed by atoms with Crippen LogP contribution >= 0.6 is 0 Å². The Morgan fingerprint density at radius 3 is 2.50 bits per heavy atom. The molecule has 0 saturated carbocycles. The number of ether oxygens (including phenoxy) is 2. The standard InChI is InChI=1S/C14H19NO3/c1-3-12-17-9-14(2,10-18-12)15-13(16)11-7-5-4-6-8-11/h4-8,12H,3,9-10H2,1-2H3,(H,15,16). The van der Waals surface area contributed by atoms with Crippen molar-refractivity contribution < 1.29 is 14.3 Å². The van der Waals surface area contributed by atoms with Gasteiger partial charge >= 0.3 is 0 Å². The summed E-state index contributed by atoms with van der Waals surface area (Å²) in [6, 6.07) is 9.16. The molecule has 1 amide bonds. The summed E-state index contributed by atoms with van der Waals surface area (Å²) < 4.78 is 11.1. The van der Waals surface area contributed by atoms with Gasteiger partial charge in [0, 0.05) is 5.56 Å². The van der Waals surface area contributed by atoms with Crippen molar-refractivity contribution in [1.29, 1.82) is 0 Å². The Balaban J connectivity index is 1.95. The lowest BCUT2D eigenvalue weighted by molar-refractivity contribution is -0.208. The van der Waals surface area contributed by atoms with Gasteiger partial charge in [0.15, 0.2) is 6.29 Å². The summed E-state index contributed by atoms with van der Waals surface area (Å²) in [6.45, 7) is 4.89. The minimum atomic E-state index is -0.460. The largest absolute Gasteiger partial charge is 0.350 e. The molecule has 1 heterocycles. The average Bonchev–Trinajstić information content (AvgIpc) is 2.40. The molecule has 1 aliphatic rings. The van der Waals surface area contributed by atoms with E-state index >= 15 is 0 Å². The minimum Gasteiger partial charge on any atom is -0.350 e. The second-order valence-electron chi connectivity index (χ2n) is 4.84. The van der Waals surface area contributed by atoms with Crippen LogP contribution in [0.5, 0.6) is 0 Å². The number of benzene rings is 1. The summed E-state index contributed by atoms with van der Waals surface area (Å²) in [5.74, 6) is -0.0970. The highest BCUT2D eigenvalue weighted by Crippen LogP contribution is 2.17. The monoisotopic (exact) mass is 249 g/mol. The lowest BCUT2D eigenvalue weighted by atomic mass is 10.0. The molecule has 0 bridgehead atoms. The lowest BCUT2D eigenvalue weighted by Gasteiger charge is -2.37. The highest BCUT2D eigenvalue weighted by Gasteiger charge is 2.33. The fourth-order valence-electron chi connectivity index (χ4n) is 1.89. The van der Waals surface area contributed by atoms with Gasteiger partial charge < -0.3 is 14.8 Å². The smallest absolute Gasteiger partial charge is 0.251 e. The molecule has 98 valence electrons. The summed E-state index contributed by atoms with van der Waals surface area (Å²) in [7, 11) is 0. The molecule has 0 atom stereocenters. The number of amides is 1. The van der Waals surface area contributed by atoms with Gasteiger partial charge in [-0.3, -0.25) is 4.79 Å². The molecule has 1 aromatic carbocycles. The van der Waals surface area contributed by atoms with Crippen molar-refractivity contribution in [2.45, 2.75) is 32.1 Å². The van der Waals surface area contributed by atoms with Crippen molar-refractivity contribution in [3.8, 4) is 0 Å². The van der Waals surface area contributed by atoms with Gasteiger partial charge in [0.25, 0.3) is 5.91 Å². The molecule has 18 heavy (non-hydrogen) atoms. The van der Waals surface area contributed by atoms with Gasteiger partial charge in [-0.2, -0.15) is 0 Å². The zero-order valence-corrected chi connectivity index (χ0v) is 10.8. The van der Waals surface area contributed by atoms with Crippen molar-refractivity contribution in [2.75, 3.05) is 13.2 Å². The van der Waals surface area contributed by atoms with E-state index in [1.165, 1.54) is 0 Å². The van der Waals surface area contributed by atoms with Crippen molar-refractivity contribution >= 4 is 5.91 Å². The van der Waals surface area contributed by atoms with E-state index in [1.54, 1.807) is 12.1 Å². The molecule has 1 saturated heterocycles. The van der Waals surface area contributed by atoms with Crippen LogP contribution in [0.25, 0.3) is 0 Å². The van der Waals surface area contributed by atoms with E-state index < -0.39 is 5.54 Å². The lowest BCUT2D eigenvalue weighted by Crippen LogP contribution is -2.57. The number of hydrogen-bond acceptors (Lipinski definition) is 3. The summed E-state index contributed by atoms with van der Waals surface area (Å²) in [5.41, 5.74) is 0.190. The second kappa shape index (κ2) is 5.50. The fraction of sp³-hybridized carbons (Fsp3) is 0.500. The molecule has 2 rings (SSSR count). The Labute approximate surface area is 107 Å². The summed E-state index contributed by atoms with van der Waals surface area (Å²) in [5, 5.41) is 2.97. The van der Waals surface area contributed by atoms with E-state index in [1.807, 2.05) is 32.0 Å². The van der Waals surface area contributed by atoms with Crippen LogP contribution in [-0.2, 0) is 9.47 Å². The predicted molar refractivity (Wildman–Crippen MR) is 68.3 cm³/mol. The number of carbonyl (C=O) groups excluding carboxylic acids is 1. The highest BCUT2D eigenvalue weighted by atomic mass is 16.7. The molecular weight excluding hydrogens is 230 g/mol. The number of hydrogen-bond donors (Lipinski definition) is 1. The number of nitrogens with one attached hydrogen (secondary N) is 1. The molecule has 1 N–H and O–H groups in total. The first-order valence-corrected chi connectivity index (χ1v) is 6.24. The van der Waals surface area contributed by atoms with E-state index in [0.717, 1.165) is 6.42 Å². The maximum atomic E-state index is 12.0. The van der Waals surface area contributed by atoms with Gasteiger partial charge in [-0.05, 0) is 25.5 Å². The molecule has 0 unspecified atom stereocenters. The average molecular weight is 249 g/mol. The Morgan fingerprint density at radius 2 is 1.94 bits per heavy atom. The van der Waals surface area contributed by atoms with Crippen LogP contribution in [0.3, 0.4) is 0 Å². The van der Waals surface area contributed by atoms with Gasteiger partial charge in [-0.1, -0.05) is 25.1 Å². The summed E-state index contributed by atoms with van der Waals surface area (Å²) >= 11 is 0. The number of rotatable bonds is 3. The van der Waals surface area contributed by atoms with Crippen LogP contribution in [-0.4, -0.2) is 30.9 Å². The van der Waals surface area contributed by atoms with Crippen molar-refractivity contribution in [3.05, 3.63) is 35.9 Å². The van der Waals surface area contributed by atoms with Gasteiger partial charge in [-0.25, -0.2) is 0 Å². The molecule has 4 heteroatoms. The normalized spacial score (nSPS) is 27.8. The minimum absolute atomic E-state index is 0.0970. The van der Waals surface area contributed by atoms with Crippen LogP contribution in [0.1, 0.15) is 30.6 Å². The third-order valence-corrected chi connectivity index (χ3v) is 2.96. The van der Waals surface area contributed by atoms with E-state index in [2.05, 4.69) is 5.32 Å². The maximum absolute atomic E-state index is 12.0. The molecule has 1 aromatic rings. The first kappa shape index (κ1) is 13.1. The van der Waals surface area contributed by atoms with Crippen LogP contribution in [0.2, 0.25) is 0 Å². The first-order valence-electron chi connectivity index (χ1n) is 6.24. The quantitative estimate of drug-likeness (QED) is 0.890. The first-order chi connectivity index (χ1) is 8.63. The Hall–Kier alpha value is -1.39. The topological polar surface area (TPSA) is 47.6 Å². The Morgan fingerprint density at radius 1 is 1.33 bits per heavy atom. The zero-order chi connectivity index (χ0) is 13.0. The summed E-state index contributed by atoms with van der Waals surface area (Å²) in [4.78, 5) is 12.0. The maximum Gasteiger partial charge on any atom is 0.251 e. The van der Waals surface area contributed by atoms with E-state index in [-0.39, 0.29) is 12.2 Å². The summed E-state index contributed by atoms with van der Waals surface area (Å²) in [6.07, 6.45) is 0.676. The van der Waals surface area contributed by atoms with E-state index in [0.29, 0.717) is 18.8 Å².